The number of nitrogens with one attached hydrogen (secondary N) is 1. The summed E-state index contributed by atoms with van der Waals surface area (Å²) < 4.78 is 39.5. The molecule has 1 rings (SSSR count). The van der Waals surface area contributed by atoms with Gasteiger partial charge in [0.05, 0.1) is 6.61 Å². The van der Waals surface area contributed by atoms with Crippen molar-refractivity contribution in [3.05, 3.63) is 0 Å². The molecule has 0 aromatic heterocycles. The Morgan fingerprint density at radius 3 is 2.50 bits per heavy atom. The molecular formula is C14H20F3NO2. The zero-order valence-corrected chi connectivity index (χ0v) is 11.6. The Bertz CT molecular complexity index is 363. The number of hydrogen-bond acceptors (Lipinski definition) is 3. The Hall–Kier alpha value is -1.22. The molecule has 0 heterocycles. The number of unbranched alkanes of at least 4 members (excludes halogenated alkanes) is 1. The van der Waals surface area contributed by atoms with Gasteiger partial charge >= 0.3 is 12.1 Å². The maximum atomic E-state index is 11.8. The molecule has 1 aliphatic rings. The summed E-state index contributed by atoms with van der Waals surface area (Å²) in [5.41, 5.74) is 0. The highest BCUT2D eigenvalue weighted by molar-refractivity contribution is 5.75. The van der Waals surface area contributed by atoms with Crippen molar-refractivity contribution in [2.24, 2.45) is 5.92 Å². The van der Waals surface area contributed by atoms with Gasteiger partial charge in [0.1, 0.15) is 0 Å². The number of hydrogen-bond donors (Lipinski definition) is 1. The summed E-state index contributed by atoms with van der Waals surface area (Å²) in [6.45, 7) is -0.237. The number of esters is 1. The molecule has 1 saturated carbocycles. The molecule has 0 unspecified atom stereocenters. The van der Waals surface area contributed by atoms with Crippen LogP contribution in [0.1, 0.15) is 38.5 Å². The average Bonchev–Trinajstić information content (AvgIpc) is 2.42. The second-order valence-electron chi connectivity index (χ2n) is 4.90. The van der Waals surface area contributed by atoms with E-state index in [0.717, 1.165) is 25.7 Å². The maximum absolute atomic E-state index is 11.8. The summed E-state index contributed by atoms with van der Waals surface area (Å²) in [6.07, 6.45) is 0.219. The Balaban J connectivity index is 2.11. The molecule has 3 nitrogen and oxygen atoms in total. The molecule has 0 saturated heterocycles. The van der Waals surface area contributed by atoms with Crippen LogP contribution in [0.25, 0.3) is 0 Å². The minimum Gasteiger partial charge on any atom is -0.459 e. The molecule has 1 fully saturated rings. The third-order valence-electron chi connectivity index (χ3n) is 3.35. The largest absolute Gasteiger partial charge is 0.490 e. The summed E-state index contributed by atoms with van der Waals surface area (Å²) in [4.78, 5) is 10.4. The topological polar surface area (TPSA) is 38.3 Å². The van der Waals surface area contributed by atoms with Crippen molar-refractivity contribution in [1.29, 1.82) is 0 Å². The fourth-order valence-corrected chi connectivity index (χ4v) is 2.15. The smallest absolute Gasteiger partial charge is 0.459 e. The van der Waals surface area contributed by atoms with Gasteiger partial charge in [0.15, 0.2) is 0 Å². The molecule has 1 aliphatic carbocycles. The molecule has 0 amide bonds. The molecule has 114 valence electrons. The number of halogens is 3. The third-order valence-corrected chi connectivity index (χ3v) is 3.35. The van der Waals surface area contributed by atoms with Gasteiger partial charge in [-0.3, -0.25) is 0 Å². The van der Waals surface area contributed by atoms with Crippen LogP contribution < -0.4 is 5.32 Å². The van der Waals surface area contributed by atoms with Crippen LogP contribution in [-0.2, 0) is 9.53 Å². The number of ether oxygens (including phenoxy) is 1. The van der Waals surface area contributed by atoms with Gasteiger partial charge in [-0.2, -0.15) is 13.2 Å². The summed E-state index contributed by atoms with van der Waals surface area (Å²) in [6, 6.07) is 0.579. The molecule has 0 aromatic carbocycles. The molecule has 6 heteroatoms. The van der Waals surface area contributed by atoms with E-state index >= 15 is 0 Å². The molecule has 0 aliphatic heterocycles. The van der Waals surface area contributed by atoms with Crippen LogP contribution in [0, 0.1) is 17.8 Å². The molecule has 0 spiro atoms. The highest BCUT2D eigenvalue weighted by Gasteiger charge is 2.40. The average molecular weight is 291 g/mol. The quantitative estimate of drug-likeness (QED) is 0.491. The van der Waals surface area contributed by atoms with E-state index in [9.17, 15) is 18.0 Å². The van der Waals surface area contributed by atoms with Crippen molar-refractivity contribution in [1.82, 2.24) is 5.32 Å². The first-order valence-corrected chi connectivity index (χ1v) is 6.83. The van der Waals surface area contributed by atoms with Crippen LogP contribution in [0.4, 0.5) is 13.2 Å². The monoisotopic (exact) mass is 291 g/mol. The van der Waals surface area contributed by atoms with E-state index in [1.807, 2.05) is 7.05 Å². The van der Waals surface area contributed by atoms with Gasteiger partial charge < -0.3 is 10.1 Å². The summed E-state index contributed by atoms with van der Waals surface area (Å²) >= 11 is 0. The highest BCUT2D eigenvalue weighted by atomic mass is 19.4. The van der Waals surface area contributed by atoms with Gasteiger partial charge in [-0.25, -0.2) is 4.79 Å². The van der Waals surface area contributed by atoms with Crippen LogP contribution in [0.3, 0.4) is 0 Å². The molecule has 1 N–H and O–H groups in total. The predicted molar refractivity (Wildman–Crippen MR) is 68.8 cm³/mol. The van der Waals surface area contributed by atoms with Gasteiger partial charge in [-0.05, 0) is 39.2 Å². The van der Waals surface area contributed by atoms with Gasteiger partial charge in [-0.1, -0.05) is 5.92 Å². The Morgan fingerprint density at radius 2 is 1.95 bits per heavy atom. The van der Waals surface area contributed by atoms with Crippen LogP contribution >= 0.6 is 0 Å². The number of carbonyl (C=O) groups excluding carboxylic acids is 1. The van der Waals surface area contributed by atoms with Crippen LogP contribution in [0.2, 0.25) is 0 Å². The van der Waals surface area contributed by atoms with E-state index in [0.29, 0.717) is 24.8 Å². The maximum Gasteiger partial charge on any atom is 0.490 e. The van der Waals surface area contributed by atoms with E-state index in [4.69, 9.17) is 0 Å². The lowest BCUT2D eigenvalue weighted by Crippen LogP contribution is -2.29. The molecule has 0 radical (unpaired) electrons. The molecule has 20 heavy (non-hydrogen) atoms. The molecule has 0 atom stereocenters. The minimum absolute atomic E-state index is 0.237. The zero-order valence-electron chi connectivity index (χ0n) is 11.6. The van der Waals surface area contributed by atoms with Crippen molar-refractivity contribution < 1.29 is 22.7 Å². The molecule has 0 aromatic rings. The van der Waals surface area contributed by atoms with Crippen LogP contribution in [0.5, 0.6) is 0 Å². The summed E-state index contributed by atoms with van der Waals surface area (Å²) in [5, 5.41) is 3.24. The highest BCUT2D eigenvalue weighted by Crippen LogP contribution is 2.23. The third kappa shape index (κ3) is 6.29. The lowest BCUT2D eigenvalue weighted by atomic mass is 9.86. The predicted octanol–water partition coefficient (Wildman–Crippen LogP) is 2.65. The van der Waals surface area contributed by atoms with Gasteiger partial charge in [0, 0.05) is 18.4 Å². The summed E-state index contributed by atoms with van der Waals surface area (Å²) in [7, 11) is 1.96. The van der Waals surface area contributed by atoms with Crippen molar-refractivity contribution in [3.63, 3.8) is 0 Å². The van der Waals surface area contributed by atoms with Crippen molar-refractivity contribution in [2.45, 2.75) is 50.7 Å². The second kappa shape index (κ2) is 8.15. The normalized spacial score (nSPS) is 22.8. The lowest BCUT2D eigenvalue weighted by Gasteiger charge is -2.24. The van der Waals surface area contributed by atoms with E-state index in [1.165, 1.54) is 0 Å². The van der Waals surface area contributed by atoms with Gasteiger partial charge in [0.25, 0.3) is 0 Å². The fraction of sp³-hybridized carbons (Fsp3) is 0.786. The summed E-state index contributed by atoms with van der Waals surface area (Å²) in [5.74, 6) is 4.36. The van der Waals surface area contributed by atoms with Gasteiger partial charge in [-0.15, -0.1) is 5.92 Å². The molecule has 0 bridgehead atoms. The number of carbonyl (C=O) groups is 1. The Kier molecular flexibility index (Phi) is 6.86. The van der Waals surface area contributed by atoms with Crippen LogP contribution in [-0.4, -0.2) is 31.8 Å². The van der Waals surface area contributed by atoms with Crippen LogP contribution in [0.15, 0.2) is 0 Å². The van der Waals surface area contributed by atoms with E-state index in [2.05, 4.69) is 21.9 Å². The van der Waals surface area contributed by atoms with E-state index < -0.39 is 12.1 Å². The van der Waals surface area contributed by atoms with E-state index in [1.54, 1.807) is 0 Å². The first-order chi connectivity index (χ1) is 9.43. The molecular weight excluding hydrogens is 271 g/mol. The number of alkyl halides is 3. The van der Waals surface area contributed by atoms with Crippen molar-refractivity contribution in [2.75, 3.05) is 13.7 Å². The zero-order chi connectivity index (χ0) is 15.0. The SMILES string of the molecule is CNC1CCC(C#CCCCOC(=O)C(F)(F)F)CC1. The van der Waals surface area contributed by atoms with E-state index in [-0.39, 0.29) is 6.61 Å². The Labute approximate surface area is 117 Å². The first kappa shape index (κ1) is 16.8. The lowest BCUT2D eigenvalue weighted by molar-refractivity contribution is -0.199. The number of rotatable bonds is 4. The first-order valence-electron chi connectivity index (χ1n) is 6.83. The van der Waals surface area contributed by atoms with Crippen molar-refractivity contribution >= 4 is 5.97 Å². The Morgan fingerprint density at radius 1 is 1.30 bits per heavy atom. The van der Waals surface area contributed by atoms with Crippen molar-refractivity contribution in [3.8, 4) is 11.8 Å². The second-order valence-corrected chi connectivity index (χ2v) is 4.90. The fourth-order valence-electron chi connectivity index (χ4n) is 2.15. The standard InChI is InChI=1S/C14H20F3NO2/c1-18-12-8-6-11(7-9-12)5-3-2-4-10-20-13(19)14(15,16)17/h11-12,18H,2,4,6-10H2,1H3. The minimum atomic E-state index is -4.91. The van der Waals surface area contributed by atoms with Gasteiger partial charge in [0.2, 0.25) is 0 Å².